The molecule has 3 aliphatic heterocycles. The predicted molar refractivity (Wildman–Crippen MR) is 81.0 cm³/mol. The molecule has 0 aromatic carbocycles. The number of carbonyl (C=O) groups excluding carboxylic acids is 3. The largest absolute Gasteiger partial charge is 0.456 e. The first-order valence-electron chi connectivity index (χ1n) is 6.81. The number of ether oxygens (including phenoxy) is 1. The van der Waals surface area contributed by atoms with Crippen LogP contribution in [0.25, 0.3) is 0 Å². The fourth-order valence-electron chi connectivity index (χ4n) is 2.80. The van der Waals surface area contributed by atoms with Crippen LogP contribution in [0, 0.1) is 0 Å². The first kappa shape index (κ1) is 13.8. The standard InChI is InChI=1S/C14H12N2O4S2/c17-9(4-8-2-1-3-21-8)15-10-12(18)16-11-7(5-20-14(11)19)6-22-13(10)16/h1-3,10,13H,4-6H2,(H,15,17)/t10-,13-/m1/s1. The van der Waals surface area contributed by atoms with Gasteiger partial charge in [-0.2, -0.15) is 0 Å². The van der Waals surface area contributed by atoms with Crippen LogP contribution in [0.4, 0.5) is 0 Å². The van der Waals surface area contributed by atoms with Crippen LogP contribution in [0.5, 0.6) is 0 Å². The third-order valence-electron chi connectivity index (χ3n) is 3.85. The van der Waals surface area contributed by atoms with E-state index in [1.807, 2.05) is 17.5 Å². The molecule has 1 saturated heterocycles. The second kappa shape index (κ2) is 5.13. The lowest BCUT2D eigenvalue weighted by atomic mass is 10.0. The smallest absolute Gasteiger partial charge is 0.355 e. The minimum Gasteiger partial charge on any atom is -0.456 e. The van der Waals surface area contributed by atoms with Crippen molar-refractivity contribution in [2.75, 3.05) is 12.4 Å². The number of cyclic esters (lactones) is 1. The highest BCUT2D eigenvalue weighted by atomic mass is 32.2. The van der Waals surface area contributed by atoms with Crippen LogP contribution in [0.1, 0.15) is 4.88 Å². The number of β-lactam (4-membered cyclic amide) rings is 1. The number of thiophene rings is 1. The fourth-order valence-corrected chi connectivity index (χ4v) is 4.83. The van der Waals surface area contributed by atoms with Gasteiger partial charge in [0.25, 0.3) is 5.91 Å². The van der Waals surface area contributed by atoms with Crippen LogP contribution in [-0.2, 0) is 25.5 Å². The highest BCUT2D eigenvalue weighted by Gasteiger charge is 2.55. The summed E-state index contributed by atoms with van der Waals surface area (Å²) < 4.78 is 4.98. The number of hydrogen-bond donors (Lipinski definition) is 1. The van der Waals surface area contributed by atoms with Crippen LogP contribution in [0.3, 0.4) is 0 Å². The molecule has 4 heterocycles. The summed E-state index contributed by atoms with van der Waals surface area (Å²) in [6.45, 7) is 0.271. The number of carbonyl (C=O) groups is 3. The van der Waals surface area contributed by atoms with E-state index in [-0.39, 0.29) is 30.2 Å². The van der Waals surface area contributed by atoms with Crippen molar-refractivity contribution in [1.29, 1.82) is 0 Å². The molecule has 1 fully saturated rings. The van der Waals surface area contributed by atoms with Gasteiger partial charge in [0.1, 0.15) is 23.7 Å². The number of fused-ring (bicyclic) bond motifs is 2. The quantitative estimate of drug-likeness (QED) is 0.643. The van der Waals surface area contributed by atoms with Gasteiger partial charge in [0, 0.05) is 16.2 Å². The number of amides is 2. The maximum Gasteiger partial charge on any atom is 0.355 e. The van der Waals surface area contributed by atoms with Crippen LogP contribution >= 0.6 is 23.1 Å². The van der Waals surface area contributed by atoms with Crippen molar-refractivity contribution in [3.8, 4) is 0 Å². The van der Waals surface area contributed by atoms with Crippen molar-refractivity contribution >= 4 is 40.9 Å². The molecular weight excluding hydrogens is 324 g/mol. The lowest BCUT2D eigenvalue weighted by molar-refractivity contribution is -0.150. The molecule has 0 bridgehead atoms. The molecule has 0 saturated carbocycles. The molecule has 2 amide bonds. The maximum atomic E-state index is 12.3. The van der Waals surface area contributed by atoms with Crippen molar-refractivity contribution in [3.63, 3.8) is 0 Å². The molecule has 3 aliphatic rings. The van der Waals surface area contributed by atoms with E-state index in [1.54, 1.807) is 11.8 Å². The lowest BCUT2D eigenvalue weighted by Crippen LogP contribution is -2.70. The molecule has 6 nitrogen and oxygen atoms in total. The highest BCUT2D eigenvalue weighted by molar-refractivity contribution is 8.00. The molecule has 8 heteroatoms. The molecular formula is C14H12N2O4S2. The first-order chi connectivity index (χ1) is 10.6. The van der Waals surface area contributed by atoms with E-state index >= 15 is 0 Å². The minimum absolute atomic E-state index is 0.171. The molecule has 1 N–H and O–H groups in total. The summed E-state index contributed by atoms with van der Waals surface area (Å²) in [6, 6.07) is 3.22. The minimum atomic E-state index is -0.556. The van der Waals surface area contributed by atoms with E-state index in [4.69, 9.17) is 4.74 Å². The van der Waals surface area contributed by atoms with E-state index in [2.05, 4.69) is 5.32 Å². The summed E-state index contributed by atoms with van der Waals surface area (Å²) in [6.07, 6.45) is 0.273. The third kappa shape index (κ3) is 2.05. The summed E-state index contributed by atoms with van der Waals surface area (Å²) in [5.74, 6) is -0.179. The number of thioether (sulfide) groups is 1. The number of nitrogens with one attached hydrogen (secondary N) is 1. The highest BCUT2D eigenvalue weighted by Crippen LogP contribution is 2.42. The second-order valence-corrected chi connectivity index (χ2v) is 7.38. The van der Waals surface area contributed by atoms with Gasteiger partial charge >= 0.3 is 5.97 Å². The Morgan fingerprint density at radius 3 is 3.09 bits per heavy atom. The van der Waals surface area contributed by atoms with Gasteiger partial charge in [0.15, 0.2) is 0 Å². The van der Waals surface area contributed by atoms with E-state index in [1.165, 1.54) is 16.2 Å². The Balaban J connectivity index is 1.45. The maximum absolute atomic E-state index is 12.3. The number of rotatable bonds is 3. The SMILES string of the molecule is O=C(Cc1cccs1)N[C@@H]1C(=O)N2C3=C(COC3=O)CS[C@H]12. The topological polar surface area (TPSA) is 75.7 Å². The van der Waals surface area contributed by atoms with Gasteiger partial charge in [-0.3, -0.25) is 14.5 Å². The molecule has 1 aromatic heterocycles. The summed E-state index contributed by atoms with van der Waals surface area (Å²) in [5.41, 5.74) is 1.25. The fraction of sp³-hybridized carbons (Fsp3) is 0.357. The Bertz CT molecular complexity index is 698. The van der Waals surface area contributed by atoms with Crippen molar-refractivity contribution in [3.05, 3.63) is 33.7 Å². The Labute approximate surface area is 134 Å². The Morgan fingerprint density at radius 2 is 2.32 bits per heavy atom. The average Bonchev–Trinajstić information content (AvgIpc) is 3.14. The third-order valence-corrected chi connectivity index (χ3v) is 6.07. The molecule has 0 unspecified atom stereocenters. The van der Waals surface area contributed by atoms with Gasteiger partial charge in [-0.25, -0.2) is 4.79 Å². The summed E-state index contributed by atoms with van der Waals surface area (Å²) in [7, 11) is 0. The normalized spacial score (nSPS) is 26.3. The molecule has 2 atom stereocenters. The van der Waals surface area contributed by atoms with Gasteiger partial charge in [-0.15, -0.1) is 23.1 Å². The molecule has 1 aromatic rings. The van der Waals surface area contributed by atoms with Gasteiger partial charge in [0.2, 0.25) is 5.91 Å². The van der Waals surface area contributed by atoms with Crippen molar-refractivity contribution in [1.82, 2.24) is 10.2 Å². The molecule has 4 rings (SSSR count). The van der Waals surface area contributed by atoms with Gasteiger partial charge in [-0.05, 0) is 11.4 Å². The first-order valence-corrected chi connectivity index (χ1v) is 8.73. The van der Waals surface area contributed by atoms with Crippen LogP contribution in [0.15, 0.2) is 28.8 Å². The molecule has 22 heavy (non-hydrogen) atoms. The predicted octanol–water partition coefficient (Wildman–Crippen LogP) is 0.501. The lowest BCUT2D eigenvalue weighted by Gasteiger charge is -2.48. The second-order valence-electron chi connectivity index (χ2n) is 5.24. The zero-order valence-corrected chi connectivity index (χ0v) is 13.0. The van der Waals surface area contributed by atoms with E-state index < -0.39 is 12.0 Å². The Hall–Kier alpha value is -1.80. The number of nitrogens with zero attached hydrogens (tertiary/aromatic N) is 1. The van der Waals surface area contributed by atoms with Crippen molar-refractivity contribution < 1.29 is 19.1 Å². The Morgan fingerprint density at radius 1 is 1.45 bits per heavy atom. The molecule has 0 radical (unpaired) electrons. The number of esters is 1. The van der Waals surface area contributed by atoms with Crippen molar-refractivity contribution in [2.24, 2.45) is 0 Å². The number of hydrogen-bond acceptors (Lipinski definition) is 6. The zero-order chi connectivity index (χ0) is 15.3. The molecule has 0 aliphatic carbocycles. The summed E-state index contributed by atoms with van der Waals surface area (Å²) in [4.78, 5) is 38.5. The van der Waals surface area contributed by atoms with Crippen LogP contribution in [0.2, 0.25) is 0 Å². The average molecular weight is 336 g/mol. The van der Waals surface area contributed by atoms with E-state index in [0.29, 0.717) is 11.4 Å². The molecule has 114 valence electrons. The van der Waals surface area contributed by atoms with Crippen LogP contribution in [-0.4, -0.2) is 46.5 Å². The summed E-state index contributed by atoms with van der Waals surface area (Å²) in [5, 5.41) is 4.49. The summed E-state index contributed by atoms with van der Waals surface area (Å²) >= 11 is 3.07. The molecule has 0 spiro atoms. The van der Waals surface area contributed by atoms with E-state index in [0.717, 1.165) is 10.5 Å². The van der Waals surface area contributed by atoms with Crippen molar-refractivity contribution in [2.45, 2.75) is 17.8 Å². The van der Waals surface area contributed by atoms with Crippen LogP contribution < -0.4 is 5.32 Å². The monoisotopic (exact) mass is 336 g/mol. The van der Waals surface area contributed by atoms with Gasteiger partial charge < -0.3 is 10.1 Å². The van der Waals surface area contributed by atoms with Gasteiger partial charge in [0.05, 0.1) is 6.42 Å². The zero-order valence-electron chi connectivity index (χ0n) is 11.4. The van der Waals surface area contributed by atoms with Gasteiger partial charge in [-0.1, -0.05) is 6.07 Å². The Kier molecular flexibility index (Phi) is 3.23. The van der Waals surface area contributed by atoms with E-state index in [9.17, 15) is 14.4 Å².